The summed E-state index contributed by atoms with van der Waals surface area (Å²) < 4.78 is 11.3. The van der Waals surface area contributed by atoms with Crippen molar-refractivity contribution in [3.8, 4) is 11.1 Å². The number of carboxylic acid groups (broad SMARTS) is 1. The predicted molar refractivity (Wildman–Crippen MR) is 140 cm³/mol. The van der Waals surface area contributed by atoms with Crippen LogP contribution in [-0.2, 0) is 16.0 Å². The minimum Gasteiger partial charge on any atom is -0.477 e. The Kier molecular flexibility index (Phi) is 6.60. The number of aromatic carboxylic acids is 1. The van der Waals surface area contributed by atoms with Gasteiger partial charge in [-0.15, -0.1) is 0 Å². The lowest BCUT2D eigenvalue weighted by atomic mass is 9.98. The van der Waals surface area contributed by atoms with Crippen molar-refractivity contribution in [3.05, 3.63) is 83.2 Å². The first kappa shape index (κ1) is 25.4. The summed E-state index contributed by atoms with van der Waals surface area (Å²) in [7, 11) is 0. The Morgan fingerprint density at radius 2 is 1.63 bits per heavy atom. The van der Waals surface area contributed by atoms with Crippen molar-refractivity contribution >= 4 is 18.2 Å². The number of hydrogen-bond acceptors (Lipinski definition) is 5. The number of aromatic amines is 1. The molecule has 1 aliphatic heterocycles. The number of H-pyrrole nitrogens is 1. The van der Waals surface area contributed by atoms with E-state index in [1.165, 1.54) is 6.07 Å². The minimum absolute atomic E-state index is 0.0384. The molecule has 1 fully saturated rings. The lowest BCUT2D eigenvalue weighted by molar-refractivity contribution is -0.0176. The molecule has 2 N–H and O–H groups in total. The van der Waals surface area contributed by atoms with E-state index in [9.17, 15) is 19.5 Å². The van der Waals surface area contributed by atoms with Gasteiger partial charge in [0.05, 0.1) is 12.6 Å². The number of hydrogen-bond donors (Lipinski definition) is 2. The Labute approximate surface area is 221 Å². The molecule has 1 aliphatic carbocycles. The summed E-state index contributed by atoms with van der Waals surface area (Å²) in [4.78, 5) is 43.0. The Bertz CT molecular complexity index is 1320. The van der Waals surface area contributed by atoms with E-state index in [0.717, 1.165) is 22.3 Å². The highest BCUT2D eigenvalue weighted by Gasteiger charge is 2.40. The number of fused-ring (bicyclic) bond motifs is 3. The standard InChI is InChI=1S/C29H31N3O6/c1-29(2,3)38-27(35)31-15-19(16-31)32(14-18-12-25(26(33)34)30-13-18)28(36)37-17-24-22-10-6-4-8-20(22)21-9-5-7-11-23(21)24/h4-13,19,24,30H,14-17H2,1-3H3,(H,33,34). The number of nitrogens with one attached hydrogen (secondary N) is 1. The third-order valence-electron chi connectivity index (χ3n) is 6.85. The molecule has 0 radical (unpaired) electrons. The molecule has 0 bridgehead atoms. The van der Waals surface area contributed by atoms with Crippen LogP contribution in [0.3, 0.4) is 0 Å². The molecule has 0 spiro atoms. The Morgan fingerprint density at radius 3 is 2.18 bits per heavy atom. The van der Waals surface area contributed by atoms with Crippen LogP contribution < -0.4 is 0 Å². The second-order valence-corrected chi connectivity index (χ2v) is 10.7. The van der Waals surface area contributed by atoms with Gasteiger partial charge in [-0.2, -0.15) is 0 Å². The van der Waals surface area contributed by atoms with Crippen molar-refractivity contribution in [1.29, 1.82) is 0 Å². The number of rotatable bonds is 6. The van der Waals surface area contributed by atoms with Crippen LogP contribution >= 0.6 is 0 Å². The van der Waals surface area contributed by atoms with Gasteiger partial charge < -0.3 is 24.5 Å². The summed E-state index contributed by atoms with van der Waals surface area (Å²) >= 11 is 0. The van der Waals surface area contributed by atoms with Crippen molar-refractivity contribution in [2.75, 3.05) is 19.7 Å². The van der Waals surface area contributed by atoms with E-state index >= 15 is 0 Å². The Hall–Kier alpha value is -4.27. The molecule has 2 amide bonds. The average molecular weight is 518 g/mol. The molecule has 1 aromatic heterocycles. The van der Waals surface area contributed by atoms with Crippen LogP contribution in [0.15, 0.2) is 60.8 Å². The average Bonchev–Trinajstić information content (AvgIpc) is 3.43. The van der Waals surface area contributed by atoms with E-state index in [1.807, 2.05) is 24.3 Å². The van der Waals surface area contributed by atoms with Crippen molar-refractivity contribution in [3.63, 3.8) is 0 Å². The number of likely N-dealkylation sites (tertiary alicyclic amines) is 1. The first-order chi connectivity index (χ1) is 18.1. The van der Waals surface area contributed by atoms with Gasteiger partial charge in [-0.05, 0) is 54.7 Å². The van der Waals surface area contributed by atoms with Gasteiger partial charge in [0.25, 0.3) is 0 Å². The number of nitrogens with zero attached hydrogens (tertiary/aromatic N) is 2. The molecule has 5 rings (SSSR count). The molecule has 3 aromatic rings. The number of carbonyl (C=O) groups excluding carboxylic acids is 2. The molecule has 38 heavy (non-hydrogen) atoms. The van der Waals surface area contributed by atoms with Crippen molar-refractivity contribution < 1.29 is 29.0 Å². The van der Waals surface area contributed by atoms with Crippen molar-refractivity contribution in [2.24, 2.45) is 0 Å². The first-order valence-corrected chi connectivity index (χ1v) is 12.6. The fourth-order valence-electron chi connectivity index (χ4n) is 5.00. The molecule has 2 aromatic carbocycles. The van der Waals surface area contributed by atoms with E-state index in [2.05, 4.69) is 29.2 Å². The molecule has 2 heterocycles. The molecule has 1 saturated heterocycles. The van der Waals surface area contributed by atoms with E-state index in [1.54, 1.807) is 36.8 Å². The zero-order valence-corrected chi connectivity index (χ0v) is 21.6. The van der Waals surface area contributed by atoms with Gasteiger partial charge in [0.2, 0.25) is 0 Å². The maximum Gasteiger partial charge on any atom is 0.410 e. The second kappa shape index (κ2) is 9.89. The van der Waals surface area contributed by atoms with Gasteiger partial charge in [-0.25, -0.2) is 14.4 Å². The number of ether oxygens (including phenoxy) is 2. The lowest BCUT2D eigenvalue weighted by Gasteiger charge is -2.44. The summed E-state index contributed by atoms with van der Waals surface area (Å²) in [5, 5.41) is 9.27. The van der Waals surface area contributed by atoms with Crippen LogP contribution in [0.4, 0.5) is 9.59 Å². The van der Waals surface area contributed by atoms with Gasteiger partial charge >= 0.3 is 18.2 Å². The monoisotopic (exact) mass is 517 g/mol. The Balaban J connectivity index is 1.31. The fraction of sp³-hybridized carbons (Fsp3) is 0.345. The normalized spacial score (nSPS) is 14.9. The number of aromatic nitrogens is 1. The Morgan fingerprint density at radius 1 is 1.03 bits per heavy atom. The second-order valence-electron chi connectivity index (χ2n) is 10.7. The summed E-state index contributed by atoms with van der Waals surface area (Å²) in [6, 6.07) is 17.4. The van der Waals surface area contributed by atoms with Crippen LogP contribution in [0, 0.1) is 0 Å². The third-order valence-corrected chi connectivity index (χ3v) is 6.85. The molecule has 0 saturated carbocycles. The minimum atomic E-state index is -1.08. The van der Waals surface area contributed by atoms with E-state index in [-0.39, 0.29) is 30.8 Å². The van der Waals surface area contributed by atoms with E-state index in [4.69, 9.17) is 9.47 Å². The van der Waals surface area contributed by atoms with Gasteiger partial charge in [-0.3, -0.25) is 4.90 Å². The highest BCUT2D eigenvalue weighted by atomic mass is 16.6. The van der Waals surface area contributed by atoms with Crippen LogP contribution in [0.2, 0.25) is 0 Å². The highest BCUT2D eigenvalue weighted by Crippen LogP contribution is 2.44. The molecule has 198 valence electrons. The number of benzene rings is 2. The molecule has 0 unspecified atom stereocenters. The fourth-order valence-corrected chi connectivity index (χ4v) is 5.00. The summed E-state index contributed by atoms with van der Waals surface area (Å²) in [6.45, 7) is 6.32. The smallest absolute Gasteiger partial charge is 0.410 e. The largest absolute Gasteiger partial charge is 0.477 e. The molecule has 9 nitrogen and oxygen atoms in total. The van der Waals surface area contributed by atoms with Crippen LogP contribution in [0.25, 0.3) is 11.1 Å². The van der Waals surface area contributed by atoms with Crippen molar-refractivity contribution in [2.45, 2.75) is 44.9 Å². The topological polar surface area (TPSA) is 112 Å². The van der Waals surface area contributed by atoms with Crippen LogP contribution in [0.5, 0.6) is 0 Å². The molecule has 0 atom stereocenters. The molecular weight excluding hydrogens is 486 g/mol. The van der Waals surface area contributed by atoms with E-state index < -0.39 is 23.8 Å². The quantitative estimate of drug-likeness (QED) is 0.471. The zero-order valence-electron chi connectivity index (χ0n) is 21.6. The molecular formula is C29H31N3O6. The van der Waals surface area contributed by atoms with Crippen LogP contribution in [-0.4, -0.2) is 69.4 Å². The summed E-state index contributed by atoms with van der Waals surface area (Å²) in [5.41, 5.74) is 4.56. The van der Waals surface area contributed by atoms with Gasteiger partial charge in [0.15, 0.2) is 0 Å². The van der Waals surface area contributed by atoms with Gasteiger partial charge in [-0.1, -0.05) is 48.5 Å². The number of amides is 2. The van der Waals surface area contributed by atoms with E-state index in [0.29, 0.717) is 18.7 Å². The third kappa shape index (κ3) is 5.09. The summed E-state index contributed by atoms with van der Waals surface area (Å²) in [5.74, 6) is -1.16. The zero-order chi connectivity index (χ0) is 27.0. The SMILES string of the molecule is CC(C)(C)OC(=O)N1CC(N(Cc2c[nH]c(C(=O)O)c2)C(=O)OCC2c3ccccc3-c3ccccc32)C1. The van der Waals surface area contributed by atoms with Crippen LogP contribution in [0.1, 0.15) is 53.9 Å². The summed E-state index contributed by atoms with van der Waals surface area (Å²) in [6.07, 6.45) is 0.618. The first-order valence-electron chi connectivity index (χ1n) is 12.6. The predicted octanol–water partition coefficient (Wildman–Crippen LogP) is 5.08. The maximum atomic E-state index is 13.5. The maximum absolute atomic E-state index is 13.5. The number of carboxylic acids is 1. The lowest BCUT2D eigenvalue weighted by Crippen LogP contribution is -2.62. The van der Waals surface area contributed by atoms with Gasteiger partial charge in [0, 0.05) is 25.2 Å². The molecule has 2 aliphatic rings. The highest BCUT2D eigenvalue weighted by molar-refractivity contribution is 5.85. The van der Waals surface area contributed by atoms with Crippen molar-refractivity contribution in [1.82, 2.24) is 14.8 Å². The van der Waals surface area contributed by atoms with Gasteiger partial charge in [0.1, 0.15) is 17.9 Å². The number of carbonyl (C=O) groups is 3. The molecule has 9 heteroatoms.